The van der Waals surface area contributed by atoms with Crippen molar-refractivity contribution in [1.82, 2.24) is 20.4 Å². The van der Waals surface area contributed by atoms with E-state index in [0.29, 0.717) is 24.7 Å². The normalized spacial score (nSPS) is 23.6. The fourth-order valence-corrected chi connectivity index (χ4v) is 3.46. The third-order valence-electron chi connectivity index (χ3n) is 4.96. The van der Waals surface area contributed by atoms with Crippen LogP contribution in [-0.2, 0) is 4.79 Å². The summed E-state index contributed by atoms with van der Waals surface area (Å²) in [6.07, 6.45) is 4.88. The standard InChI is InChI=1S/C16H32N4O/c1-13(2)20-10-6-15(7-11-20)18-14-4-8-19(9-5-14)12-16(21)17-3/h13-15,18H,4-12H2,1-3H3,(H,17,21). The number of nitrogens with one attached hydrogen (secondary N) is 2. The number of nitrogens with zero attached hydrogens (tertiary/aromatic N) is 2. The molecule has 2 heterocycles. The van der Waals surface area contributed by atoms with Gasteiger partial charge >= 0.3 is 0 Å². The third-order valence-corrected chi connectivity index (χ3v) is 4.96. The Morgan fingerprint density at radius 2 is 1.57 bits per heavy atom. The average Bonchev–Trinajstić information content (AvgIpc) is 2.49. The second-order valence-electron chi connectivity index (χ2n) is 6.79. The molecule has 5 heteroatoms. The second-order valence-corrected chi connectivity index (χ2v) is 6.79. The van der Waals surface area contributed by atoms with E-state index in [1.54, 1.807) is 7.05 Å². The van der Waals surface area contributed by atoms with Gasteiger partial charge in [0.1, 0.15) is 0 Å². The molecule has 0 unspecified atom stereocenters. The highest BCUT2D eigenvalue weighted by molar-refractivity contribution is 5.77. The Labute approximate surface area is 129 Å². The molecule has 2 rings (SSSR count). The van der Waals surface area contributed by atoms with Crippen LogP contribution in [0, 0.1) is 0 Å². The molecule has 2 N–H and O–H groups in total. The van der Waals surface area contributed by atoms with Crippen molar-refractivity contribution in [1.29, 1.82) is 0 Å². The van der Waals surface area contributed by atoms with Crippen LogP contribution in [-0.4, -0.2) is 73.6 Å². The molecular formula is C16H32N4O. The van der Waals surface area contributed by atoms with E-state index >= 15 is 0 Å². The highest BCUT2D eigenvalue weighted by atomic mass is 16.1. The zero-order valence-electron chi connectivity index (χ0n) is 13.9. The molecule has 0 saturated carbocycles. The number of piperidine rings is 2. The summed E-state index contributed by atoms with van der Waals surface area (Å²) < 4.78 is 0. The van der Waals surface area contributed by atoms with Crippen LogP contribution in [0.15, 0.2) is 0 Å². The van der Waals surface area contributed by atoms with Gasteiger partial charge in [-0.3, -0.25) is 9.69 Å². The third kappa shape index (κ3) is 5.24. The number of amides is 1. The van der Waals surface area contributed by atoms with E-state index in [2.05, 4.69) is 34.3 Å². The van der Waals surface area contributed by atoms with E-state index in [4.69, 9.17) is 0 Å². The number of hydrogen-bond acceptors (Lipinski definition) is 4. The van der Waals surface area contributed by atoms with Crippen molar-refractivity contribution in [3.05, 3.63) is 0 Å². The molecule has 1 amide bonds. The number of hydrogen-bond donors (Lipinski definition) is 2. The van der Waals surface area contributed by atoms with Gasteiger partial charge in [-0.15, -0.1) is 0 Å². The highest BCUT2D eigenvalue weighted by Gasteiger charge is 2.25. The Morgan fingerprint density at radius 3 is 2.05 bits per heavy atom. The molecule has 0 bridgehead atoms. The van der Waals surface area contributed by atoms with Crippen LogP contribution in [0.1, 0.15) is 39.5 Å². The Balaban J connectivity index is 1.64. The maximum atomic E-state index is 11.4. The van der Waals surface area contributed by atoms with Crippen molar-refractivity contribution in [2.45, 2.75) is 57.7 Å². The van der Waals surface area contributed by atoms with E-state index < -0.39 is 0 Å². The van der Waals surface area contributed by atoms with Crippen molar-refractivity contribution in [2.75, 3.05) is 39.8 Å². The molecule has 0 aromatic heterocycles. The van der Waals surface area contributed by atoms with Gasteiger partial charge in [0.25, 0.3) is 0 Å². The van der Waals surface area contributed by atoms with Crippen LogP contribution in [0.5, 0.6) is 0 Å². The fraction of sp³-hybridized carbons (Fsp3) is 0.938. The number of likely N-dealkylation sites (N-methyl/N-ethyl adjacent to an activating group) is 1. The first kappa shape index (κ1) is 16.7. The fourth-order valence-electron chi connectivity index (χ4n) is 3.46. The molecule has 0 spiro atoms. The van der Waals surface area contributed by atoms with Crippen molar-refractivity contribution in [3.63, 3.8) is 0 Å². The molecule has 2 aliphatic rings. The number of carbonyl (C=O) groups excluding carboxylic acids is 1. The van der Waals surface area contributed by atoms with Gasteiger partial charge in [0.15, 0.2) is 0 Å². The summed E-state index contributed by atoms with van der Waals surface area (Å²) in [7, 11) is 1.71. The minimum absolute atomic E-state index is 0.127. The average molecular weight is 296 g/mol. The second kappa shape index (κ2) is 8.11. The summed E-state index contributed by atoms with van der Waals surface area (Å²) in [5.74, 6) is 0.127. The molecule has 0 aromatic carbocycles. The van der Waals surface area contributed by atoms with Crippen molar-refractivity contribution >= 4 is 5.91 Å². The predicted molar refractivity (Wildman–Crippen MR) is 86.4 cm³/mol. The van der Waals surface area contributed by atoms with E-state index in [-0.39, 0.29) is 5.91 Å². The zero-order chi connectivity index (χ0) is 15.2. The largest absolute Gasteiger partial charge is 0.358 e. The molecule has 21 heavy (non-hydrogen) atoms. The van der Waals surface area contributed by atoms with Crippen LogP contribution in [0.2, 0.25) is 0 Å². The molecule has 0 radical (unpaired) electrons. The first-order valence-corrected chi connectivity index (χ1v) is 8.51. The van der Waals surface area contributed by atoms with Gasteiger partial charge < -0.3 is 15.5 Å². The van der Waals surface area contributed by atoms with Crippen molar-refractivity contribution in [2.24, 2.45) is 0 Å². The molecular weight excluding hydrogens is 264 g/mol. The van der Waals surface area contributed by atoms with E-state index in [1.807, 2.05) is 0 Å². The quantitative estimate of drug-likeness (QED) is 0.782. The van der Waals surface area contributed by atoms with Crippen molar-refractivity contribution < 1.29 is 4.79 Å². The summed E-state index contributed by atoms with van der Waals surface area (Å²) in [6.45, 7) is 9.66. The molecule has 122 valence electrons. The lowest BCUT2D eigenvalue weighted by atomic mass is 9.99. The van der Waals surface area contributed by atoms with E-state index in [1.165, 1.54) is 38.8 Å². The topological polar surface area (TPSA) is 47.6 Å². The first-order chi connectivity index (χ1) is 10.1. The summed E-state index contributed by atoms with van der Waals surface area (Å²) in [5, 5.41) is 6.55. The van der Waals surface area contributed by atoms with Crippen LogP contribution in [0.4, 0.5) is 0 Å². The molecule has 0 aromatic rings. The number of carbonyl (C=O) groups is 1. The highest BCUT2D eigenvalue weighted by Crippen LogP contribution is 2.16. The summed E-state index contributed by atoms with van der Waals surface area (Å²) in [5.41, 5.74) is 0. The summed E-state index contributed by atoms with van der Waals surface area (Å²) in [4.78, 5) is 16.2. The van der Waals surface area contributed by atoms with Gasteiger partial charge in [-0.25, -0.2) is 0 Å². The van der Waals surface area contributed by atoms with E-state index in [9.17, 15) is 4.79 Å². The molecule has 2 aliphatic heterocycles. The first-order valence-electron chi connectivity index (χ1n) is 8.51. The molecule has 5 nitrogen and oxygen atoms in total. The van der Waals surface area contributed by atoms with Crippen LogP contribution >= 0.6 is 0 Å². The van der Waals surface area contributed by atoms with E-state index in [0.717, 1.165) is 13.1 Å². The predicted octanol–water partition coefficient (Wildman–Crippen LogP) is 0.659. The lowest BCUT2D eigenvalue weighted by molar-refractivity contribution is -0.122. The monoisotopic (exact) mass is 296 g/mol. The molecule has 2 saturated heterocycles. The van der Waals surface area contributed by atoms with Gasteiger partial charge in [-0.2, -0.15) is 0 Å². The molecule has 2 fully saturated rings. The summed E-state index contributed by atoms with van der Waals surface area (Å²) in [6, 6.07) is 2.01. The lowest BCUT2D eigenvalue weighted by Crippen LogP contribution is -2.51. The smallest absolute Gasteiger partial charge is 0.233 e. The lowest BCUT2D eigenvalue weighted by Gasteiger charge is -2.38. The van der Waals surface area contributed by atoms with Crippen molar-refractivity contribution in [3.8, 4) is 0 Å². The Hall–Kier alpha value is -0.650. The Bertz CT molecular complexity index is 318. The van der Waals surface area contributed by atoms with Gasteiger partial charge in [0.2, 0.25) is 5.91 Å². The number of rotatable bonds is 5. The van der Waals surface area contributed by atoms with Gasteiger partial charge in [-0.1, -0.05) is 0 Å². The Kier molecular flexibility index (Phi) is 6.45. The van der Waals surface area contributed by atoms with Gasteiger partial charge in [-0.05, 0) is 52.6 Å². The van der Waals surface area contributed by atoms with Crippen LogP contribution in [0.3, 0.4) is 0 Å². The minimum atomic E-state index is 0.127. The SMILES string of the molecule is CNC(=O)CN1CCC(NC2CCN(C(C)C)CC2)CC1. The Morgan fingerprint density at radius 1 is 1.05 bits per heavy atom. The van der Waals surface area contributed by atoms with Crippen LogP contribution < -0.4 is 10.6 Å². The number of likely N-dealkylation sites (tertiary alicyclic amines) is 2. The van der Waals surface area contributed by atoms with Gasteiger partial charge in [0, 0.05) is 38.3 Å². The summed E-state index contributed by atoms with van der Waals surface area (Å²) >= 11 is 0. The minimum Gasteiger partial charge on any atom is -0.358 e. The molecule has 0 atom stereocenters. The van der Waals surface area contributed by atoms with Crippen LogP contribution in [0.25, 0.3) is 0 Å². The van der Waals surface area contributed by atoms with Gasteiger partial charge in [0.05, 0.1) is 6.54 Å². The maximum Gasteiger partial charge on any atom is 0.233 e. The zero-order valence-corrected chi connectivity index (χ0v) is 13.9. The maximum absolute atomic E-state index is 11.4. The molecule has 0 aliphatic carbocycles.